The summed E-state index contributed by atoms with van der Waals surface area (Å²) in [7, 11) is 2.00. The zero-order valence-electron chi connectivity index (χ0n) is 11.1. The van der Waals surface area contributed by atoms with Crippen LogP contribution < -0.4 is 5.32 Å². The lowest BCUT2D eigenvalue weighted by atomic mass is 9.98. The number of hydrogen-bond donors (Lipinski definition) is 1. The third-order valence-electron chi connectivity index (χ3n) is 3.29. The molecular weight excluding hydrogens is 322 g/mol. The third kappa shape index (κ3) is 3.82. The maximum atomic E-state index is 5.92. The molecule has 0 amide bonds. The van der Waals surface area contributed by atoms with Crippen LogP contribution in [0.3, 0.4) is 0 Å². The average Bonchev–Trinajstić information content (AvgIpc) is 2.41. The monoisotopic (exact) mass is 337 g/mol. The van der Waals surface area contributed by atoms with Gasteiger partial charge >= 0.3 is 0 Å². The normalized spacial score (nSPS) is 12.4. The van der Waals surface area contributed by atoms with E-state index in [0.29, 0.717) is 6.04 Å². The van der Waals surface area contributed by atoms with Gasteiger partial charge in [-0.3, -0.25) is 0 Å². The smallest absolute Gasteiger partial charge is 0.0406 e. The van der Waals surface area contributed by atoms with Crippen molar-refractivity contribution in [3.05, 3.63) is 68.7 Å². The van der Waals surface area contributed by atoms with Crippen molar-refractivity contribution >= 4 is 27.5 Å². The highest BCUT2D eigenvalue weighted by molar-refractivity contribution is 9.10. The van der Waals surface area contributed by atoms with Gasteiger partial charge in [0.2, 0.25) is 0 Å². The first-order chi connectivity index (χ1) is 9.10. The van der Waals surface area contributed by atoms with E-state index in [1.807, 2.05) is 19.2 Å². The quantitative estimate of drug-likeness (QED) is 0.835. The van der Waals surface area contributed by atoms with Crippen LogP contribution in [0.2, 0.25) is 5.02 Å². The molecule has 2 aromatic rings. The molecule has 3 heteroatoms. The van der Waals surface area contributed by atoms with E-state index in [0.717, 1.165) is 15.9 Å². The molecule has 0 aliphatic rings. The Labute approximate surface area is 128 Å². The number of rotatable bonds is 4. The summed E-state index contributed by atoms with van der Waals surface area (Å²) >= 11 is 9.46. The van der Waals surface area contributed by atoms with Crippen molar-refractivity contribution in [2.45, 2.75) is 19.4 Å². The zero-order chi connectivity index (χ0) is 13.8. The molecule has 0 spiro atoms. The van der Waals surface area contributed by atoms with E-state index in [1.165, 1.54) is 16.7 Å². The van der Waals surface area contributed by atoms with Crippen LogP contribution in [0.1, 0.15) is 22.7 Å². The highest BCUT2D eigenvalue weighted by Gasteiger charge is 2.11. The van der Waals surface area contributed by atoms with Gasteiger partial charge in [-0.1, -0.05) is 51.8 Å². The molecule has 0 heterocycles. The highest BCUT2D eigenvalue weighted by atomic mass is 79.9. The van der Waals surface area contributed by atoms with Crippen molar-refractivity contribution in [2.75, 3.05) is 7.05 Å². The number of aryl methyl sites for hydroxylation is 1. The summed E-state index contributed by atoms with van der Waals surface area (Å²) in [4.78, 5) is 0. The van der Waals surface area contributed by atoms with E-state index < -0.39 is 0 Å². The van der Waals surface area contributed by atoms with Crippen LogP contribution in [0.4, 0.5) is 0 Å². The second kappa shape index (κ2) is 6.56. The van der Waals surface area contributed by atoms with Crippen LogP contribution in [-0.2, 0) is 6.42 Å². The molecule has 0 radical (unpaired) electrons. The van der Waals surface area contributed by atoms with Gasteiger partial charge in [-0.15, -0.1) is 0 Å². The zero-order valence-corrected chi connectivity index (χ0v) is 13.4. The third-order valence-corrected chi connectivity index (χ3v) is 4.43. The van der Waals surface area contributed by atoms with Gasteiger partial charge < -0.3 is 5.32 Å². The molecule has 1 nitrogen and oxygen atoms in total. The van der Waals surface area contributed by atoms with Gasteiger partial charge in [0, 0.05) is 15.5 Å². The maximum Gasteiger partial charge on any atom is 0.0406 e. The van der Waals surface area contributed by atoms with Crippen LogP contribution in [0.5, 0.6) is 0 Å². The molecule has 0 saturated carbocycles. The van der Waals surface area contributed by atoms with Gasteiger partial charge in [0.1, 0.15) is 0 Å². The average molecular weight is 339 g/mol. The second-order valence-electron chi connectivity index (χ2n) is 4.68. The topological polar surface area (TPSA) is 12.0 Å². The lowest BCUT2D eigenvalue weighted by Gasteiger charge is -2.18. The molecule has 0 bridgehead atoms. The fourth-order valence-corrected chi connectivity index (χ4v) is 2.50. The molecular formula is C16H17BrClN. The summed E-state index contributed by atoms with van der Waals surface area (Å²) in [5.74, 6) is 0. The minimum Gasteiger partial charge on any atom is -0.313 e. The first-order valence-electron chi connectivity index (χ1n) is 6.28. The molecule has 0 fully saturated rings. The number of likely N-dealkylation sites (N-methyl/N-ethyl adjacent to an activating group) is 1. The fraction of sp³-hybridized carbons (Fsp3) is 0.250. The Hall–Kier alpha value is -0.830. The summed E-state index contributed by atoms with van der Waals surface area (Å²) in [6.07, 6.45) is 0.953. The minimum atomic E-state index is 0.313. The summed E-state index contributed by atoms with van der Waals surface area (Å²) in [5.41, 5.74) is 3.84. The number of benzene rings is 2. The Morgan fingerprint density at radius 1 is 1.16 bits per heavy atom. The van der Waals surface area contributed by atoms with Crippen LogP contribution in [0.15, 0.2) is 46.9 Å². The lowest BCUT2D eigenvalue weighted by molar-refractivity contribution is 0.591. The van der Waals surface area contributed by atoms with Crippen molar-refractivity contribution in [1.82, 2.24) is 5.32 Å². The second-order valence-corrected chi connectivity index (χ2v) is 5.97. The standard InChI is InChI=1S/C16H17BrClN/c1-11-9-13(5-8-15(11)17)16(19-2)10-12-3-6-14(18)7-4-12/h3-9,16,19H,10H2,1-2H3. The van der Waals surface area contributed by atoms with E-state index in [1.54, 1.807) is 0 Å². The molecule has 1 N–H and O–H groups in total. The van der Waals surface area contributed by atoms with Gasteiger partial charge in [0.05, 0.1) is 0 Å². The molecule has 0 aliphatic heterocycles. The molecule has 0 saturated heterocycles. The van der Waals surface area contributed by atoms with Crippen molar-refractivity contribution in [3.8, 4) is 0 Å². The van der Waals surface area contributed by atoms with E-state index in [9.17, 15) is 0 Å². The van der Waals surface area contributed by atoms with E-state index >= 15 is 0 Å². The molecule has 2 aromatic carbocycles. The lowest BCUT2D eigenvalue weighted by Crippen LogP contribution is -2.18. The van der Waals surface area contributed by atoms with Gasteiger partial charge in [-0.05, 0) is 55.3 Å². The Bertz CT molecular complexity index is 551. The summed E-state index contributed by atoms with van der Waals surface area (Å²) in [5, 5.41) is 4.16. The summed E-state index contributed by atoms with van der Waals surface area (Å²) in [6, 6.07) is 14.9. The van der Waals surface area contributed by atoms with E-state index in [2.05, 4.69) is 58.5 Å². The highest BCUT2D eigenvalue weighted by Crippen LogP contribution is 2.24. The van der Waals surface area contributed by atoms with Crippen LogP contribution in [-0.4, -0.2) is 7.05 Å². The molecule has 0 aromatic heterocycles. The summed E-state index contributed by atoms with van der Waals surface area (Å²) < 4.78 is 1.15. The van der Waals surface area contributed by atoms with Gasteiger partial charge in [0.25, 0.3) is 0 Å². The predicted octanol–water partition coefficient (Wildman–Crippen LogP) is 4.91. The van der Waals surface area contributed by atoms with Crippen molar-refractivity contribution in [2.24, 2.45) is 0 Å². The summed E-state index contributed by atoms with van der Waals surface area (Å²) in [6.45, 7) is 2.11. The number of hydrogen-bond acceptors (Lipinski definition) is 1. The fourth-order valence-electron chi connectivity index (χ4n) is 2.13. The minimum absolute atomic E-state index is 0.313. The molecule has 1 unspecified atom stereocenters. The Morgan fingerprint density at radius 3 is 2.42 bits per heavy atom. The van der Waals surface area contributed by atoms with E-state index in [4.69, 9.17) is 11.6 Å². The van der Waals surface area contributed by atoms with Crippen molar-refractivity contribution in [3.63, 3.8) is 0 Å². The first-order valence-corrected chi connectivity index (χ1v) is 7.45. The molecule has 1 atom stereocenters. The Balaban J connectivity index is 2.19. The Kier molecular flexibility index (Phi) is 5.03. The largest absolute Gasteiger partial charge is 0.313 e. The van der Waals surface area contributed by atoms with Crippen LogP contribution >= 0.6 is 27.5 Å². The SMILES string of the molecule is CNC(Cc1ccc(Cl)cc1)c1ccc(Br)c(C)c1. The molecule has 0 aliphatic carbocycles. The molecule has 2 rings (SSSR count). The van der Waals surface area contributed by atoms with Gasteiger partial charge in [-0.2, -0.15) is 0 Å². The molecule has 100 valence electrons. The van der Waals surface area contributed by atoms with Gasteiger partial charge in [0.15, 0.2) is 0 Å². The molecule has 19 heavy (non-hydrogen) atoms. The van der Waals surface area contributed by atoms with Crippen molar-refractivity contribution in [1.29, 1.82) is 0 Å². The Morgan fingerprint density at radius 2 is 1.84 bits per heavy atom. The van der Waals surface area contributed by atoms with E-state index in [-0.39, 0.29) is 0 Å². The van der Waals surface area contributed by atoms with Crippen LogP contribution in [0.25, 0.3) is 0 Å². The van der Waals surface area contributed by atoms with Crippen molar-refractivity contribution < 1.29 is 0 Å². The first kappa shape index (κ1) is 14.6. The van der Waals surface area contributed by atoms with Crippen LogP contribution in [0, 0.1) is 6.92 Å². The number of halogens is 2. The maximum absolute atomic E-state index is 5.92. The van der Waals surface area contributed by atoms with Gasteiger partial charge in [-0.25, -0.2) is 0 Å². The predicted molar refractivity (Wildman–Crippen MR) is 85.8 cm³/mol. The number of nitrogens with one attached hydrogen (secondary N) is 1.